The van der Waals surface area contributed by atoms with Crippen LogP contribution in [0, 0.1) is 5.82 Å². The van der Waals surface area contributed by atoms with E-state index in [0.717, 1.165) is 31.0 Å². The van der Waals surface area contributed by atoms with Crippen LogP contribution in [0.15, 0.2) is 65.5 Å². The fourth-order valence-electron chi connectivity index (χ4n) is 3.90. The predicted octanol–water partition coefficient (Wildman–Crippen LogP) is 4.40. The summed E-state index contributed by atoms with van der Waals surface area (Å²) in [7, 11) is 0. The Bertz CT molecular complexity index is 1160. The zero-order chi connectivity index (χ0) is 22.6. The van der Waals surface area contributed by atoms with Crippen LogP contribution >= 0.6 is 11.5 Å². The van der Waals surface area contributed by atoms with Gasteiger partial charge in [-0.05, 0) is 61.8 Å². The van der Waals surface area contributed by atoms with Crippen molar-refractivity contribution in [3.63, 3.8) is 0 Å². The van der Waals surface area contributed by atoms with Gasteiger partial charge in [-0.2, -0.15) is 4.37 Å². The molecule has 33 heavy (non-hydrogen) atoms. The first-order valence-corrected chi connectivity index (χ1v) is 11.7. The quantitative estimate of drug-likeness (QED) is 0.538. The van der Waals surface area contributed by atoms with E-state index >= 15 is 0 Å². The maximum absolute atomic E-state index is 13.1. The Hall–Kier alpha value is -3.30. The number of anilines is 1. The summed E-state index contributed by atoms with van der Waals surface area (Å²) in [5.41, 5.74) is 0.946. The summed E-state index contributed by atoms with van der Waals surface area (Å²) >= 11 is 1.27. The second-order valence-electron chi connectivity index (χ2n) is 8.09. The van der Waals surface area contributed by atoms with Gasteiger partial charge in [0, 0.05) is 43.1 Å². The molecule has 7 nitrogen and oxygen atoms in total. The minimum Gasteiger partial charge on any atom is -0.455 e. The standard InChI is InChI=1S/C24H24FN5O2S/c25-19-6-4-18(5-7-19)16-22-26-24(33-27-22)30-13-3-12-29(14-15-30)23(31)21-9-8-20(32-21)17-28-10-1-2-11-28/h3-9,13-15H,1-2,10-12,16-17H2. The molecule has 2 aromatic heterocycles. The van der Waals surface area contributed by atoms with Gasteiger partial charge >= 0.3 is 0 Å². The van der Waals surface area contributed by atoms with Crippen LogP contribution in [0.1, 0.15) is 40.5 Å². The van der Waals surface area contributed by atoms with Crippen LogP contribution in [0.5, 0.6) is 0 Å². The van der Waals surface area contributed by atoms with Gasteiger partial charge in [0.15, 0.2) is 5.76 Å². The average molecular weight is 466 g/mol. The Morgan fingerprint density at radius 3 is 2.70 bits per heavy atom. The third kappa shape index (κ3) is 5.20. The van der Waals surface area contributed by atoms with Crippen LogP contribution < -0.4 is 4.90 Å². The van der Waals surface area contributed by atoms with Crippen LogP contribution in [0.3, 0.4) is 0 Å². The number of hydrogen-bond donors (Lipinski definition) is 0. The lowest BCUT2D eigenvalue weighted by molar-refractivity contribution is 0.0801. The molecule has 2 aliphatic rings. The average Bonchev–Trinajstić information content (AvgIpc) is 3.56. The number of likely N-dealkylation sites (tertiary alicyclic amines) is 1. The molecule has 0 spiro atoms. The molecule has 9 heteroatoms. The highest BCUT2D eigenvalue weighted by atomic mass is 32.1. The van der Waals surface area contributed by atoms with Gasteiger partial charge in [0.05, 0.1) is 6.54 Å². The van der Waals surface area contributed by atoms with Crippen LogP contribution in [0.2, 0.25) is 0 Å². The van der Waals surface area contributed by atoms with Crippen LogP contribution in [0.4, 0.5) is 9.52 Å². The van der Waals surface area contributed by atoms with E-state index in [9.17, 15) is 9.18 Å². The van der Waals surface area contributed by atoms with Gasteiger partial charge in [0.2, 0.25) is 5.13 Å². The molecule has 0 unspecified atom stereocenters. The number of hydrogen-bond acceptors (Lipinski definition) is 7. The highest BCUT2D eigenvalue weighted by Gasteiger charge is 2.20. The highest BCUT2D eigenvalue weighted by Crippen LogP contribution is 2.22. The summed E-state index contributed by atoms with van der Waals surface area (Å²) < 4.78 is 23.4. The van der Waals surface area contributed by atoms with Gasteiger partial charge in [0.1, 0.15) is 17.4 Å². The molecule has 1 amide bonds. The third-order valence-corrected chi connectivity index (χ3v) is 6.41. The summed E-state index contributed by atoms with van der Waals surface area (Å²) in [6.45, 7) is 3.33. The summed E-state index contributed by atoms with van der Waals surface area (Å²) in [5.74, 6) is 1.38. The third-order valence-electron chi connectivity index (χ3n) is 5.64. The number of carbonyl (C=O) groups is 1. The van der Waals surface area contributed by atoms with Gasteiger partial charge in [-0.3, -0.25) is 14.6 Å². The van der Waals surface area contributed by atoms with Crippen molar-refractivity contribution in [3.8, 4) is 0 Å². The lowest BCUT2D eigenvalue weighted by atomic mass is 10.1. The van der Waals surface area contributed by atoms with Gasteiger partial charge in [-0.15, -0.1) is 0 Å². The molecule has 1 fully saturated rings. The zero-order valence-corrected chi connectivity index (χ0v) is 18.9. The molecule has 0 radical (unpaired) electrons. The van der Waals surface area contributed by atoms with E-state index in [1.807, 2.05) is 23.2 Å². The van der Waals surface area contributed by atoms with E-state index in [1.54, 1.807) is 35.5 Å². The van der Waals surface area contributed by atoms with E-state index in [0.29, 0.717) is 29.7 Å². The van der Waals surface area contributed by atoms with Crippen molar-refractivity contribution in [1.82, 2.24) is 19.2 Å². The van der Waals surface area contributed by atoms with E-state index in [-0.39, 0.29) is 11.7 Å². The van der Waals surface area contributed by atoms with Crippen LogP contribution in [-0.2, 0) is 13.0 Å². The van der Waals surface area contributed by atoms with E-state index in [2.05, 4.69) is 14.3 Å². The molecular weight excluding hydrogens is 441 g/mol. The van der Waals surface area contributed by atoms with E-state index in [1.165, 1.54) is 36.5 Å². The monoisotopic (exact) mass is 465 g/mol. The van der Waals surface area contributed by atoms with Crippen molar-refractivity contribution in [2.75, 3.05) is 24.5 Å². The number of carbonyl (C=O) groups excluding carboxylic acids is 1. The van der Waals surface area contributed by atoms with E-state index < -0.39 is 0 Å². The molecule has 0 saturated carbocycles. The normalized spacial score (nSPS) is 16.5. The van der Waals surface area contributed by atoms with Crippen molar-refractivity contribution in [2.24, 2.45) is 0 Å². The Morgan fingerprint density at radius 1 is 1.06 bits per heavy atom. The highest BCUT2D eigenvalue weighted by molar-refractivity contribution is 7.09. The maximum atomic E-state index is 13.1. The Kier molecular flexibility index (Phi) is 6.32. The maximum Gasteiger partial charge on any atom is 0.293 e. The summed E-state index contributed by atoms with van der Waals surface area (Å²) in [6, 6.07) is 9.97. The zero-order valence-electron chi connectivity index (χ0n) is 18.1. The molecule has 4 heterocycles. The predicted molar refractivity (Wildman–Crippen MR) is 124 cm³/mol. The van der Waals surface area contributed by atoms with Crippen molar-refractivity contribution in [3.05, 3.63) is 89.8 Å². The van der Waals surface area contributed by atoms with Gasteiger partial charge < -0.3 is 9.32 Å². The fourth-order valence-corrected chi connectivity index (χ4v) is 4.56. The Balaban J connectivity index is 1.22. The first kappa shape index (κ1) is 21.5. The Morgan fingerprint density at radius 2 is 1.88 bits per heavy atom. The second-order valence-corrected chi connectivity index (χ2v) is 8.82. The topological polar surface area (TPSA) is 65.7 Å². The SMILES string of the molecule is O=C(c1ccc(CN2CCCC2)o1)N1C=CN(c2nc(Cc3ccc(F)cc3)ns2)C=CC1. The van der Waals surface area contributed by atoms with Crippen molar-refractivity contribution in [2.45, 2.75) is 25.8 Å². The number of rotatable bonds is 6. The summed E-state index contributed by atoms with van der Waals surface area (Å²) in [6.07, 6.45) is 10.2. The lowest BCUT2D eigenvalue weighted by Gasteiger charge is -2.14. The minimum atomic E-state index is -0.262. The first-order chi connectivity index (χ1) is 16.1. The first-order valence-electron chi connectivity index (χ1n) is 11.0. The lowest BCUT2D eigenvalue weighted by Crippen LogP contribution is -2.25. The minimum absolute atomic E-state index is 0.181. The molecular formula is C24H24FN5O2S. The molecule has 0 atom stereocenters. The molecule has 0 N–H and O–H groups in total. The molecule has 1 aromatic carbocycles. The van der Waals surface area contributed by atoms with Gasteiger partial charge in [-0.1, -0.05) is 12.1 Å². The van der Waals surface area contributed by atoms with Gasteiger partial charge in [-0.25, -0.2) is 9.37 Å². The summed E-state index contributed by atoms with van der Waals surface area (Å²) in [5, 5.41) is 0.694. The molecule has 2 aliphatic heterocycles. The molecule has 170 valence electrons. The molecule has 0 aliphatic carbocycles. The van der Waals surface area contributed by atoms with Crippen molar-refractivity contribution in [1.29, 1.82) is 0 Å². The molecule has 3 aromatic rings. The number of furan rings is 1. The van der Waals surface area contributed by atoms with E-state index in [4.69, 9.17) is 4.42 Å². The second kappa shape index (κ2) is 9.68. The largest absolute Gasteiger partial charge is 0.455 e. The number of halogens is 1. The number of aromatic nitrogens is 2. The van der Waals surface area contributed by atoms with Crippen LogP contribution in [0.25, 0.3) is 0 Å². The number of nitrogens with zero attached hydrogens (tertiary/aromatic N) is 5. The summed E-state index contributed by atoms with van der Waals surface area (Å²) in [4.78, 5) is 23.3. The fraction of sp³-hybridized carbons (Fsp3) is 0.292. The smallest absolute Gasteiger partial charge is 0.293 e. The van der Waals surface area contributed by atoms with Gasteiger partial charge in [0.25, 0.3) is 5.91 Å². The number of amides is 1. The number of benzene rings is 1. The molecule has 0 bridgehead atoms. The van der Waals surface area contributed by atoms with Crippen LogP contribution in [-0.4, -0.2) is 44.7 Å². The molecule has 5 rings (SSSR count). The van der Waals surface area contributed by atoms with Crippen molar-refractivity contribution < 1.29 is 13.6 Å². The molecule has 1 saturated heterocycles. The Labute approximate surface area is 195 Å². The van der Waals surface area contributed by atoms with Crippen molar-refractivity contribution >= 4 is 22.6 Å².